The van der Waals surface area contributed by atoms with E-state index >= 15 is 0 Å². The Morgan fingerprint density at radius 1 is 1.25 bits per heavy atom. The second-order valence-corrected chi connectivity index (χ2v) is 5.47. The molecule has 0 aliphatic carbocycles. The Balaban J connectivity index is 1.90. The molecule has 0 atom stereocenters. The number of ether oxygens (including phenoxy) is 4. The van der Waals surface area contributed by atoms with Gasteiger partial charge in [0.15, 0.2) is 0 Å². The second-order valence-electron chi connectivity index (χ2n) is 5.47. The van der Waals surface area contributed by atoms with Crippen LogP contribution < -0.4 is 10.1 Å². The zero-order chi connectivity index (χ0) is 17.2. The number of benzene rings is 1. The van der Waals surface area contributed by atoms with Crippen LogP contribution in [0, 0.1) is 0 Å². The summed E-state index contributed by atoms with van der Waals surface area (Å²) < 4.78 is 21.7. The van der Waals surface area contributed by atoms with Crippen molar-refractivity contribution in [2.24, 2.45) is 0 Å². The summed E-state index contributed by atoms with van der Waals surface area (Å²) in [7, 11) is 0. The van der Waals surface area contributed by atoms with Crippen molar-refractivity contribution < 1.29 is 23.7 Å². The molecule has 6 heteroatoms. The molecule has 1 saturated heterocycles. The van der Waals surface area contributed by atoms with Crippen LogP contribution in [0.1, 0.15) is 37.0 Å². The van der Waals surface area contributed by atoms with Crippen molar-refractivity contribution in [3.8, 4) is 5.75 Å². The largest absolute Gasteiger partial charge is 0.494 e. The molecule has 1 aliphatic heterocycles. The van der Waals surface area contributed by atoms with Gasteiger partial charge in [0.2, 0.25) is 0 Å². The highest BCUT2D eigenvalue weighted by molar-refractivity contribution is 5.96. The van der Waals surface area contributed by atoms with E-state index in [-0.39, 0.29) is 12.1 Å². The molecule has 24 heavy (non-hydrogen) atoms. The van der Waals surface area contributed by atoms with Gasteiger partial charge in [0.1, 0.15) is 5.75 Å². The zero-order valence-corrected chi connectivity index (χ0v) is 14.5. The number of hydrogen-bond donors (Lipinski definition) is 1. The second kappa shape index (κ2) is 10.2. The van der Waals surface area contributed by atoms with Crippen LogP contribution in [0.3, 0.4) is 0 Å². The Kier molecular flexibility index (Phi) is 7.85. The molecule has 134 valence electrons. The lowest BCUT2D eigenvalue weighted by Gasteiger charge is -2.22. The smallest absolute Gasteiger partial charge is 0.340 e. The summed E-state index contributed by atoms with van der Waals surface area (Å²) in [6.45, 7) is 7.33. The maximum atomic E-state index is 12.1. The van der Waals surface area contributed by atoms with E-state index in [2.05, 4.69) is 5.32 Å². The molecule has 0 spiro atoms. The van der Waals surface area contributed by atoms with E-state index in [4.69, 9.17) is 18.9 Å². The van der Waals surface area contributed by atoms with Crippen molar-refractivity contribution in [3.63, 3.8) is 0 Å². The summed E-state index contributed by atoms with van der Waals surface area (Å²) >= 11 is 0. The maximum absolute atomic E-state index is 12.1. The van der Waals surface area contributed by atoms with Gasteiger partial charge in [0.25, 0.3) is 0 Å². The minimum atomic E-state index is -0.355. The van der Waals surface area contributed by atoms with Crippen molar-refractivity contribution in [1.29, 1.82) is 0 Å². The van der Waals surface area contributed by atoms with Crippen LogP contribution in [-0.4, -0.2) is 51.7 Å². The molecule has 1 aromatic rings. The van der Waals surface area contributed by atoms with Gasteiger partial charge in [-0.1, -0.05) is 0 Å². The molecule has 1 N–H and O–H groups in total. The first-order chi connectivity index (χ1) is 11.7. The van der Waals surface area contributed by atoms with E-state index in [1.165, 1.54) is 0 Å². The molecule has 1 aliphatic rings. The van der Waals surface area contributed by atoms with Gasteiger partial charge in [-0.05, 0) is 44.9 Å². The van der Waals surface area contributed by atoms with Crippen LogP contribution in [0.5, 0.6) is 5.75 Å². The third-order valence-corrected chi connectivity index (χ3v) is 3.74. The Morgan fingerprint density at radius 2 is 2.04 bits per heavy atom. The molecule has 0 saturated carbocycles. The van der Waals surface area contributed by atoms with Crippen LogP contribution >= 0.6 is 0 Å². The predicted octanol–water partition coefficient (Wildman–Crippen LogP) is 2.87. The lowest BCUT2D eigenvalue weighted by Crippen LogP contribution is -2.25. The zero-order valence-electron chi connectivity index (χ0n) is 14.5. The normalized spacial score (nSPS) is 15.1. The third-order valence-electron chi connectivity index (χ3n) is 3.74. The van der Waals surface area contributed by atoms with Gasteiger partial charge in [-0.25, -0.2) is 4.79 Å². The maximum Gasteiger partial charge on any atom is 0.340 e. The third kappa shape index (κ3) is 5.69. The summed E-state index contributed by atoms with van der Waals surface area (Å²) in [4.78, 5) is 12.1. The van der Waals surface area contributed by atoms with Crippen LogP contribution in [-0.2, 0) is 14.2 Å². The Hall–Kier alpha value is -1.79. The number of carbonyl (C=O) groups is 1. The quantitative estimate of drug-likeness (QED) is 0.552. The van der Waals surface area contributed by atoms with Gasteiger partial charge >= 0.3 is 5.97 Å². The molecule has 0 unspecified atom stereocenters. The average molecular weight is 337 g/mol. The molecule has 0 aromatic heterocycles. The molecule has 6 nitrogen and oxygen atoms in total. The van der Waals surface area contributed by atoms with Crippen molar-refractivity contribution >= 4 is 11.7 Å². The fourth-order valence-corrected chi connectivity index (χ4v) is 2.57. The summed E-state index contributed by atoms with van der Waals surface area (Å²) in [6, 6.07) is 5.39. The van der Waals surface area contributed by atoms with E-state index in [9.17, 15) is 4.79 Å². The van der Waals surface area contributed by atoms with Crippen molar-refractivity contribution in [2.75, 3.05) is 44.9 Å². The van der Waals surface area contributed by atoms with Crippen LogP contribution in [0.15, 0.2) is 18.2 Å². The molecule has 0 radical (unpaired) electrons. The number of anilines is 1. The first-order valence-corrected chi connectivity index (χ1v) is 8.61. The number of esters is 1. The van der Waals surface area contributed by atoms with Crippen molar-refractivity contribution in [3.05, 3.63) is 23.8 Å². The molecule has 2 rings (SSSR count). The highest BCUT2D eigenvalue weighted by Gasteiger charge is 2.15. The van der Waals surface area contributed by atoms with E-state index in [0.717, 1.165) is 31.7 Å². The highest BCUT2D eigenvalue weighted by Crippen LogP contribution is 2.23. The van der Waals surface area contributed by atoms with Gasteiger partial charge in [-0.15, -0.1) is 0 Å². The Bertz CT molecular complexity index is 514. The van der Waals surface area contributed by atoms with E-state index in [1.807, 2.05) is 19.1 Å². The SMILES string of the molecule is CCOC(=O)c1cc(OCC)ccc1NCCOC1CCOCC1. The first-order valence-electron chi connectivity index (χ1n) is 8.61. The minimum absolute atomic E-state index is 0.269. The molecule has 1 aromatic carbocycles. The number of rotatable bonds is 9. The summed E-state index contributed by atoms with van der Waals surface area (Å²) in [5.41, 5.74) is 1.21. The number of hydrogen-bond acceptors (Lipinski definition) is 6. The molecular formula is C18H27NO5. The molecular weight excluding hydrogens is 310 g/mol. The van der Waals surface area contributed by atoms with Gasteiger partial charge in [0, 0.05) is 25.4 Å². The fourth-order valence-electron chi connectivity index (χ4n) is 2.57. The Labute approximate surface area is 143 Å². The topological polar surface area (TPSA) is 66.0 Å². The lowest BCUT2D eigenvalue weighted by atomic mass is 10.1. The van der Waals surface area contributed by atoms with E-state index in [0.29, 0.717) is 37.7 Å². The first kappa shape index (κ1) is 18.5. The monoisotopic (exact) mass is 337 g/mol. The Morgan fingerprint density at radius 3 is 2.75 bits per heavy atom. The predicted molar refractivity (Wildman–Crippen MR) is 91.9 cm³/mol. The highest BCUT2D eigenvalue weighted by atomic mass is 16.5. The van der Waals surface area contributed by atoms with Gasteiger partial charge in [0.05, 0.1) is 31.5 Å². The van der Waals surface area contributed by atoms with Crippen LogP contribution in [0.25, 0.3) is 0 Å². The van der Waals surface area contributed by atoms with Gasteiger partial charge in [-0.2, -0.15) is 0 Å². The van der Waals surface area contributed by atoms with Crippen molar-refractivity contribution in [2.45, 2.75) is 32.8 Å². The van der Waals surface area contributed by atoms with Crippen molar-refractivity contribution in [1.82, 2.24) is 0 Å². The summed E-state index contributed by atoms with van der Waals surface area (Å²) in [5.74, 6) is 0.302. The molecule has 1 heterocycles. The number of nitrogens with one attached hydrogen (secondary N) is 1. The van der Waals surface area contributed by atoms with Gasteiger partial charge < -0.3 is 24.3 Å². The standard InChI is InChI=1S/C18H27NO5/c1-3-22-15-5-6-17(16(13-15)18(20)23-4-2)19-9-12-24-14-7-10-21-11-8-14/h5-6,13-14,19H,3-4,7-12H2,1-2H3. The lowest BCUT2D eigenvalue weighted by molar-refractivity contribution is -0.0283. The minimum Gasteiger partial charge on any atom is -0.494 e. The van der Waals surface area contributed by atoms with Crippen LogP contribution in [0.2, 0.25) is 0 Å². The van der Waals surface area contributed by atoms with Crippen LogP contribution in [0.4, 0.5) is 5.69 Å². The fraction of sp³-hybridized carbons (Fsp3) is 0.611. The summed E-state index contributed by atoms with van der Waals surface area (Å²) in [6.07, 6.45) is 2.15. The van der Waals surface area contributed by atoms with Gasteiger partial charge in [-0.3, -0.25) is 0 Å². The number of carbonyl (C=O) groups excluding carboxylic acids is 1. The summed E-state index contributed by atoms with van der Waals surface area (Å²) in [5, 5.41) is 3.25. The molecule has 0 bridgehead atoms. The molecule has 1 fully saturated rings. The van der Waals surface area contributed by atoms with E-state index in [1.54, 1.807) is 13.0 Å². The van der Waals surface area contributed by atoms with E-state index < -0.39 is 0 Å². The average Bonchev–Trinajstić information content (AvgIpc) is 2.61. The molecule has 0 amide bonds.